The van der Waals surface area contributed by atoms with Gasteiger partial charge in [0.25, 0.3) is 0 Å². The number of anilines is 1. The topological polar surface area (TPSA) is 29.0 Å². The molecule has 0 aliphatic carbocycles. The molecule has 0 unspecified atom stereocenters. The summed E-state index contributed by atoms with van der Waals surface area (Å²) < 4.78 is 37.3. The van der Waals surface area contributed by atoms with Gasteiger partial charge in [0.15, 0.2) is 11.5 Å². The number of hydrogen-bond acceptors (Lipinski definition) is 3. The van der Waals surface area contributed by atoms with Crippen LogP contribution in [0.2, 0.25) is 0 Å². The van der Waals surface area contributed by atoms with Crippen LogP contribution >= 0.6 is 15.9 Å². The lowest BCUT2D eigenvalue weighted by atomic mass is 10.1. The van der Waals surface area contributed by atoms with Crippen molar-refractivity contribution in [3.05, 3.63) is 17.8 Å². The van der Waals surface area contributed by atoms with E-state index in [0.29, 0.717) is 12.4 Å². The van der Waals surface area contributed by atoms with Crippen molar-refractivity contribution >= 4 is 21.7 Å². The van der Waals surface area contributed by atoms with Gasteiger partial charge >= 0.3 is 6.18 Å². The minimum Gasteiger partial charge on any atom is -0.351 e. The molecule has 0 aromatic carbocycles. The van der Waals surface area contributed by atoms with Gasteiger partial charge in [0, 0.05) is 17.9 Å². The number of rotatable bonds is 6. The molecule has 1 rings (SSSR count). The molecule has 3 nitrogen and oxygen atoms in total. The predicted molar refractivity (Wildman–Crippen MR) is 72.5 cm³/mol. The molecule has 0 amide bonds. The first-order valence-electron chi connectivity index (χ1n) is 6.17. The average Bonchev–Trinajstić information content (AvgIpc) is 2.38. The van der Waals surface area contributed by atoms with E-state index in [1.165, 1.54) is 6.07 Å². The van der Waals surface area contributed by atoms with Crippen molar-refractivity contribution in [1.29, 1.82) is 0 Å². The molecule has 0 spiro atoms. The molecular weight excluding hydrogens is 323 g/mol. The highest BCUT2D eigenvalue weighted by Crippen LogP contribution is 2.28. The molecule has 0 atom stereocenters. The van der Waals surface area contributed by atoms with Crippen LogP contribution in [0.1, 0.15) is 32.4 Å². The second kappa shape index (κ2) is 7.07. The molecule has 0 radical (unpaired) electrons. The molecule has 1 aromatic rings. The van der Waals surface area contributed by atoms with E-state index in [1.807, 2.05) is 18.7 Å². The third-order valence-corrected chi connectivity index (χ3v) is 3.30. The quantitative estimate of drug-likeness (QED) is 0.736. The molecule has 7 heteroatoms. The Morgan fingerprint density at radius 3 is 2.21 bits per heavy atom. The van der Waals surface area contributed by atoms with E-state index in [1.54, 1.807) is 0 Å². The van der Waals surface area contributed by atoms with Gasteiger partial charge < -0.3 is 4.90 Å². The molecule has 0 aliphatic rings. The van der Waals surface area contributed by atoms with Crippen molar-refractivity contribution in [3.63, 3.8) is 0 Å². The van der Waals surface area contributed by atoms with Crippen molar-refractivity contribution in [1.82, 2.24) is 10.2 Å². The van der Waals surface area contributed by atoms with Crippen LogP contribution < -0.4 is 4.90 Å². The van der Waals surface area contributed by atoms with Gasteiger partial charge in [-0.15, -0.1) is 10.2 Å². The fraction of sp³-hybridized carbons (Fsp3) is 0.667. The van der Waals surface area contributed by atoms with Crippen molar-refractivity contribution in [2.75, 3.05) is 16.8 Å². The van der Waals surface area contributed by atoms with E-state index in [2.05, 4.69) is 26.1 Å². The Balaban J connectivity index is 2.97. The van der Waals surface area contributed by atoms with Crippen LogP contribution in [0.3, 0.4) is 0 Å². The molecule has 0 saturated heterocycles. The summed E-state index contributed by atoms with van der Waals surface area (Å²) in [7, 11) is 0. The van der Waals surface area contributed by atoms with Crippen LogP contribution in [0, 0.1) is 0 Å². The van der Waals surface area contributed by atoms with Gasteiger partial charge in [-0.1, -0.05) is 29.8 Å². The maximum atomic E-state index is 12.4. The molecule has 0 aliphatic heterocycles. The Labute approximate surface area is 119 Å². The third-order valence-electron chi connectivity index (χ3n) is 2.94. The lowest BCUT2D eigenvalue weighted by Gasteiger charge is -2.30. The second-order valence-corrected chi connectivity index (χ2v) is 4.92. The summed E-state index contributed by atoms with van der Waals surface area (Å²) >= 11 is 3.35. The van der Waals surface area contributed by atoms with E-state index >= 15 is 0 Å². The Morgan fingerprint density at radius 1 is 1.21 bits per heavy atom. The lowest BCUT2D eigenvalue weighted by Crippen LogP contribution is -2.37. The fourth-order valence-electron chi connectivity index (χ4n) is 1.93. The summed E-state index contributed by atoms with van der Waals surface area (Å²) in [5.74, 6) is 0.487. The Bertz CT molecular complexity index is 377. The van der Waals surface area contributed by atoms with Gasteiger partial charge in [0.05, 0.1) is 0 Å². The third kappa shape index (κ3) is 4.33. The monoisotopic (exact) mass is 339 g/mol. The average molecular weight is 340 g/mol. The normalized spacial score (nSPS) is 11.9. The van der Waals surface area contributed by atoms with E-state index < -0.39 is 11.9 Å². The molecular formula is C12H17BrF3N3. The van der Waals surface area contributed by atoms with Crippen LogP contribution in [0.5, 0.6) is 0 Å². The van der Waals surface area contributed by atoms with Crippen molar-refractivity contribution < 1.29 is 13.2 Å². The Hall–Kier alpha value is -0.850. The minimum absolute atomic E-state index is 0.253. The molecule has 1 heterocycles. The molecule has 0 saturated carbocycles. The summed E-state index contributed by atoms with van der Waals surface area (Å²) in [5, 5.41) is 7.72. The first-order valence-corrected chi connectivity index (χ1v) is 7.29. The van der Waals surface area contributed by atoms with Crippen LogP contribution in [0.15, 0.2) is 12.1 Å². The van der Waals surface area contributed by atoms with Gasteiger partial charge in [-0.2, -0.15) is 13.2 Å². The fourth-order valence-corrected chi connectivity index (χ4v) is 2.32. The minimum atomic E-state index is -4.44. The summed E-state index contributed by atoms with van der Waals surface area (Å²) in [6, 6.07) is 2.62. The van der Waals surface area contributed by atoms with Gasteiger partial charge in [0.2, 0.25) is 0 Å². The second-order valence-electron chi connectivity index (χ2n) is 4.13. The zero-order valence-corrected chi connectivity index (χ0v) is 12.5. The van der Waals surface area contributed by atoms with Crippen molar-refractivity contribution in [3.8, 4) is 0 Å². The maximum absolute atomic E-state index is 12.4. The first-order chi connectivity index (χ1) is 8.93. The van der Waals surface area contributed by atoms with Gasteiger partial charge in [-0.3, -0.25) is 0 Å². The largest absolute Gasteiger partial charge is 0.435 e. The van der Waals surface area contributed by atoms with Gasteiger partial charge in [0.1, 0.15) is 0 Å². The molecule has 0 N–H and O–H groups in total. The standard InChI is InChI=1S/C12H17BrF3N3/c1-3-9(4-2)19(8-7-13)11-6-5-10(17-18-11)12(14,15)16/h5-6,9H,3-4,7-8H2,1-2H3. The highest BCUT2D eigenvalue weighted by molar-refractivity contribution is 9.09. The highest BCUT2D eigenvalue weighted by atomic mass is 79.9. The molecule has 1 aromatic heterocycles. The zero-order chi connectivity index (χ0) is 14.5. The van der Waals surface area contributed by atoms with E-state index in [0.717, 1.165) is 24.2 Å². The molecule has 19 heavy (non-hydrogen) atoms. The SMILES string of the molecule is CCC(CC)N(CCBr)c1ccc(C(F)(F)F)nn1. The Kier molecular flexibility index (Phi) is 6.03. The van der Waals surface area contributed by atoms with Gasteiger partial charge in [-0.05, 0) is 25.0 Å². The van der Waals surface area contributed by atoms with E-state index in [4.69, 9.17) is 0 Å². The Morgan fingerprint density at radius 2 is 1.84 bits per heavy atom. The van der Waals surface area contributed by atoms with E-state index in [-0.39, 0.29) is 6.04 Å². The number of alkyl halides is 4. The molecule has 0 fully saturated rings. The van der Waals surface area contributed by atoms with Crippen LogP contribution in [-0.4, -0.2) is 28.1 Å². The van der Waals surface area contributed by atoms with E-state index in [9.17, 15) is 13.2 Å². The van der Waals surface area contributed by atoms with Gasteiger partial charge in [-0.25, -0.2) is 0 Å². The maximum Gasteiger partial charge on any atom is 0.435 e. The lowest BCUT2D eigenvalue weighted by molar-refractivity contribution is -0.141. The summed E-state index contributed by atoms with van der Waals surface area (Å²) in [6.07, 6.45) is -2.63. The number of nitrogens with zero attached hydrogens (tertiary/aromatic N) is 3. The van der Waals surface area contributed by atoms with Crippen LogP contribution in [0.25, 0.3) is 0 Å². The number of halogens is 4. The van der Waals surface area contributed by atoms with Crippen LogP contribution in [0.4, 0.5) is 19.0 Å². The van der Waals surface area contributed by atoms with Crippen LogP contribution in [-0.2, 0) is 6.18 Å². The molecule has 108 valence electrons. The smallest absolute Gasteiger partial charge is 0.351 e. The van der Waals surface area contributed by atoms with Crippen molar-refractivity contribution in [2.24, 2.45) is 0 Å². The highest BCUT2D eigenvalue weighted by Gasteiger charge is 2.33. The summed E-state index contributed by atoms with van der Waals surface area (Å²) in [5.41, 5.74) is -0.959. The number of hydrogen-bond donors (Lipinski definition) is 0. The molecule has 0 bridgehead atoms. The predicted octanol–water partition coefficient (Wildman–Crippen LogP) is 3.89. The van der Waals surface area contributed by atoms with Crippen molar-refractivity contribution in [2.45, 2.75) is 38.9 Å². The zero-order valence-electron chi connectivity index (χ0n) is 10.9. The summed E-state index contributed by atoms with van der Waals surface area (Å²) in [4.78, 5) is 1.99. The summed E-state index contributed by atoms with van der Waals surface area (Å²) in [6.45, 7) is 4.78. The first kappa shape index (κ1) is 16.2. The number of aromatic nitrogens is 2.